The number of unbranched alkanes of at least 4 members (excludes halogenated alkanes) is 3. The van der Waals surface area contributed by atoms with Crippen molar-refractivity contribution >= 4 is 22.2 Å². The zero-order chi connectivity index (χ0) is 18.6. The molecule has 0 rings (SSSR count). The van der Waals surface area contributed by atoms with Gasteiger partial charge in [-0.3, -0.25) is 0 Å². The smallest absolute Gasteiger partial charge is 0.363 e. The molecule has 0 aliphatic rings. The molecule has 7 nitrogen and oxygen atoms in total. The zero-order valence-corrected chi connectivity index (χ0v) is 16.5. The summed E-state index contributed by atoms with van der Waals surface area (Å²) in [7, 11) is 4.76. The van der Waals surface area contributed by atoms with Gasteiger partial charge in [0, 0.05) is 14.2 Å². The minimum Gasteiger partial charge on any atom is -0.427 e. The summed E-state index contributed by atoms with van der Waals surface area (Å²) in [6.45, 7) is 4.46. The van der Waals surface area contributed by atoms with Gasteiger partial charge in [0.25, 0.3) is 6.92 Å². The Kier molecular flexibility index (Phi) is 20.2. The van der Waals surface area contributed by atoms with Crippen molar-refractivity contribution < 1.29 is 14.0 Å². The molecular formula is C15H39B3N4O3. The lowest BCUT2D eigenvalue weighted by atomic mass is 9.59. The van der Waals surface area contributed by atoms with Gasteiger partial charge in [-0.1, -0.05) is 12.8 Å². The molecule has 146 valence electrons. The first-order valence-electron chi connectivity index (χ1n) is 9.71. The molecule has 0 spiro atoms. The molecule has 0 aliphatic carbocycles. The third-order valence-corrected chi connectivity index (χ3v) is 4.20. The standard InChI is InChI=1S/C15H39B3N4O3/c1-23-16-21-12-6-3-9-18(25-15-20)10-4-7-13-22(17-24-2)14-8-5-11-19/h16-17,21H,3-15,19-20H2,1-2H3. The molecule has 0 saturated heterocycles. The fraction of sp³-hybridized carbons (Fsp3) is 1.00. The maximum absolute atomic E-state index is 5.68. The quantitative estimate of drug-likeness (QED) is 0.160. The van der Waals surface area contributed by atoms with E-state index in [1.54, 1.807) is 14.2 Å². The highest BCUT2D eigenvalue weighted by Crippen LogP contribution is 2.11. The Bertz CT molecular complexity index is 272. The van der Waals surface area contributed by atoms with Gasteiger partial charge in [0.2, 0.25) is 0 Å². The Hall–Kier alpha value is -0.0852. The van der Waals surface area contributed by atoms with E-state index < -0.39 is 0 Å². The summed E-state index contributed by atoms with van der Waals surface area (Å²) in [5.74, 6) is 0. The van der Waals surface area contributed by atoms with Gasteiger partial charge in [-0.2, -0.15) is 0 Å². The largest absolute Gasteiger partial charge is 0.427 e. The molecule has 0 aromatic carbocycles. The van der Waals surface area contributed by atoms with E-state index in [2.05, 4.69) is 10.0 Å². The topological polar surface area (TPSA) is 95.0 Å². The average molecular weight is 356 g/mol. The monoisotopic (exact) mass is 356 g/mol. The molecule has 0 heterocycles. The molecule has 0 fully saturated rings. The summed E-state index contributed by atoms with van der Waals surface area (Å²) in [4.78, 5) is 2.36. The predicted molar refractivity (Wildman–Crippen MR) is 110 cm³/mol. The second kappa shape index (κ2) is 20.2. The Balaban J connectivity index is 3.80. The van der Waals surface area contributed by atoms with Crippen molar-refractivity contribution in [3.05, 3.63) is 0 Å². The fourth-order valence-corrected chi connectivity index (χ4v) is 2.85. The predicted octanol–water partition coefficient (Wildman–Crippen LogP) is -0.0726. The highest BCUT2D eigenvalue weighted by atomic mass is 16.4. The van der Waals surface area contributed by atoms with Gasteiger partial charge in [0.05, 0.1) is 6.73 Å². The molecule has 0 aromatic heterocycles. The van der Waals surface area contributed by atoms with Gasteiger partial charge in [0.1, 0.15) is 0 Å². The summed E-state index contributed by atoms with van der Waals surface area (Å²) < 4.78 is 15.9. The lowest BCUT2D eigenvalue weighted by Gasteiger charge is -2.20. The molecule has 0 unspecified atom stereocenters. The van der Waals surface area contributed by atoms with E-state index in [0.29, 0.717) is 22.0 Å². The maximum atomic E-state index is 5.68. The number of hydrogen-bond acceptors (Lipinski definition) is 7. The van der Waals surface area contributed by atoms with Crippen LogP contribution in [0.5, 0.6) is 0 Å². The second-order valence-electron chi connectivity index (χ2n) is 6.41. The molecule has 0 saturated carbocycles. The molecule has 0 aromatic rings. The lowest BCUT2D eigenvalue weighted by Crippen LogP contribution is -2.32. The normalized spacial score (nSPS) is 11.1. The minimum absolute atomic E-state index is 0.278. The van der Waals surface area contributed by atoms with Crippen LogP contribution in [0.1, 0.15) is 38.5 Å². The average Bonchev–Trinajstić information content (AvgIpc) is 2.61. The van der Waals surface area contributed by atoms with Crippen LogP contribution in [0.2, 0.25) is 12.6 Å². The van der Waals surface area contributed by atoms with Crippen LogP contribution in [-0.2, 0) is 14.0 Å². The molecule has 0 amide bonds. The van der Waals surface area contributed by atoms with E-state index in [0.717, 1.165) is 77.3 Å². The van der Waals surface area contributed by atoms with Crippen molar-refractivity contribution in [2.45, 2.75) is 51.2 Å². The molecule has 0 radical (unpaired) electrons. The molecular weight excluding hydrogens is 317 g/mol. The molecule has 0 aliphatic heterocycles. The van der Waals surface area contributed by atoms with Crippen LogP contribution in [0, 0.1) is 0 Å². The Morgan fingerprint density at radius 2 is 1.60 bits per heavy atom. The summed E-state index contributed by atoms with van der Waals surface area (Å²) in [5.41, 5.74) is 11.1. The van der Waals surface area contributed by atoms with E-state index in [1.165, 1.54) is 0 Å². The number of nitrogens with one attached hydrogen (secondary N) is 1. The van der Waals surface area contributed by atoms with E-state index in [4.69, 9.17) is 25.4 Å². The van der Waals surface area contributed by atoms with Gasteiger partial charge in [0.15, 0.2) is 0 Å². The fourth-order valence-electron chi connectivity index (χ4n) is 2.85. The summed E-state index contributed by atoms with van der Waals surface area (Å²) in [6, 6.07) is 0. The van der Waals surface area contributed by atoms with Crippen LogP contribution in [0.15, 0.2) is 0 Å². The minimum atomic E-state index is 0.278. The first-order chi connectivity index (χ1) is 12.3. The van der Waals surface area contributed by atoms with E-state index in [-0.39, 0.29) is 6.92 Å². The van der Waals surface area contributed by atoms with Crippen molar-refractivity contribution in [2.75, 3.05) is 47.1 Å². The van der Waals surface area contributed by atoms with Gasteiger partial charge >= 0.3 is 15.2 Å². The van der Waals surface area contributed by atoms with E-state index in [1.807, 2.05) is 0 Å². The highest BCUT2D eigenvalue weighted by molar-refractivity contribution is 6.51. The first-order valence-corrected chi connectivity index (χ1v) is 9.71. The van der Waals surface area contributed by atoms with Crippen molar-refractivity contribution in [1.29, 1.82) is 0 Å². The van der Waals surface area contributed by atoms with Crippen molar-refractivity contribution in [1.82, 2.24) is 10.0 Å². The lowest BCUT2D eigenvalue weighted by molar-refractivity contribution is 0.320. The molecule has 25 heavy (non-hydrogen) atoms. The maximum Gasteiger partial charge on any atom is 0.363 e. The Labute approximate surface area is 156 Å². The number of hydrogen-bond donors (Lipinski definition) is 3. The third kappa shape index (κ3) is 17.1. The number of rotatable bonds is 20. The van der Waals surface area contributed by atoms with E-state index >= 15 is 0 Å². The van der Waals surface area contributed by atoms with Crippen LogP contribution < -0.4 is 16.7 Å². The third-order valence-electron chi connectivity index (χ3n) is 4.20. The van der Waals surface area contributed by atoms with Crippen molar-refractivity contribution in [3.63, 3.8) is 0 Å². The number of nitrogens with two attached hydrogens (primary N) is 2. The van der Waals surface area contributed by atoms with Gasteiger partial charge < -0.3 is 35.5 Å². The van der Waals surface area contributed by atoms with Crippen LogP contribution in [0.25, 0.3) is 0 Å². The highest BCUT2D eigenvalue weighted by Gasteiger charge is 2.15. The van der Waals surface area contributed by atoms with Gasteiger partial charge in [-0.15, -0.1) is 0 Å². The van der Waals surface area contributed by atoms with Gasteiger partial charge in [-0.25, -0.2) is 0 Å². The van der Waals surface area contributed by atoms with Crippen LogP contribution in [-0.4, -0.2) is 74.1 Å². The summed E-state index contributed by atoms with van der Waals surface area (Å²) in [5, 5.41) is 3.23. The van der Waals surface area contributed by atoms with Crippen molar-refractivity contribution in [3.8, 4) is 0 Å². The molecule has 0 bridgehead atoms. The molecule has 5 N–H and O–H groups in total. The van der Waals surface area contributed by atoms with Crippen molar-refractivity contribution in [2.24, 2.45) is 11.5 Å². The Morgan fingerprint density at radius 3 is 2.20 bits per heavy atom. The Morgan fingerprint density at radius 1 is 0.920 bits per heavy atom. The SMILES string of the molecule is COBNCCCCB(CCCCN(BOC)CCCCN)OCN. The second-order valence-corrected chi connectivity index (χ2v) is 6.41. The summed E-state index contributed by atoms with van der Waals surface area (Å²) in [6.07, 6.45) is 8.96. The van der Waals surface area contributed by atoms with E-state index in [9.17, 15) is 0 Å². The summed E-state index contributed by atoms with van der Waals surface area (Å²) >= 11 is 0. The first kappa shape index (κ1) is 24.9. The van der Waals surface area contributed by atoms with Crippen LogP contribution in [0.4, 0.5) is 0 Å². The molecule has 10 heteroatoms. The number of nitrogens with zero attached hydrogens (tertiary/aromatic N) is 1. The van der Waals surface area contributed by atoms with Crippen LogP contribution >= 0.6 is 0 Å². The van der Waals surface area contributed by atoms with Crippen LogP contribution in [0.3, 0.4) is 0 Å². The molecule has 0 atom stereocenters. The van der Waals surface area contributed by atoms with Gasteiger partial charge in [-0.05, 0) is 64.5 Å². The zero-order valence-electron chi connectivity index (χ0n) is 16.5.